The van der Waals surface area contributed by atoms with Crippen LogP contribution in [0.25, 0.3) is 0 Å². The number of rotatable bonds is 5. The molecule has 0 fully saturated rings. The first-order valence-corrected chi connectivity index (χ1v) is 5.34. The number of thiol groups is 1. The van der Waals surface area contributed by atoms with Crippen molar-refractivity contribution in [1.29, 1.82) is 0 Å². The van der Waals surface area contributed by atoms with Gasteiger partial charge in [0.2, 0.25) is 0 Å². The molecule has 2 nitrogen and oxygen atoms in total. The minimum Gasteiger partial charge on any atom is -0.366 e. The standard InChI is InChI=1S/C10H20N2S/c1-5-11-9(3)7-10(4)12(6-2)8-13/h7,13H,5-6,8H2,1-4H3/b10-7-,11-9?. The predicted molar refractivity (Wildman–Crippen MR) is 63.6 cm³/mol. The lowest BCUT2D eigenvalue weighted by Crippen LogP contribution is -2.19. The third-order valence-electron chi connectivity index (χ3n) is 1.88. The largest absolute Gasteiger partial charge is 0.366 e. The zero-order valence-corrected chi connectivity index (χ0v) is 9.93. The minimum atomic E-state index is 0.762. The molecule has 0 saturated carbocycles. The van der Waals surface area contributed by atoms with Crippen molar-refractivity contribution in [2.75, 3.05) is 19.0 Å². The summed E-state index contributed by atoms with van der Waals surface area (Å²) in [6, 6.07) is 0. The smallest absolute Gasteiger partial charge is 0.0606 e. The Morgan fingerprint density at radius 1 is 1.38 bits per heavy atom. The molecule has 0 bridgehead atoms. The average molecular weight is 200 g/mol. The zero-order valence-electron chi connectivity index (χ0n) is 9.04. The Morgan fingerprint density at radius 3 is 2.38 bits per heavy atom. The van der Waals surface area contributed by atoms with E-state index < -0.39 is 0 Å². The van der Waals surface area contributed by atoms with Gasteiger partial charge in [-0.3, -0.25) is 4.99 Å². The maximum atomic E-state index is 4.30. The molecule has 3 heteroatoms. The van der Waals surface area contributed by atoms with Crippen LogP contribution in [0.15, 0.2) is 16.8 Å². The third kappa shape index (κ3) is 4.98. The average Bonchev–Trinajstić information content (AvgIpc) is 2.06. The van der Waals surface area contributed by atoms with Gasteiger partial charge in [0.05, 0.1) is 5.88 Å². The molecule has 0 radical (unpaired) electrons. The molecule has 76 valence electrons. The first-order valence-electron chi connectivity index (χ1n) is 4.70. The van der Waals surface area contributed by atoms with E-state index in [4.69, 9.17) is 0 Å². The van der Waals surface area contributed by atoms with Crippen molar-refractivity contribution in [3.8, 4) is 0 Å². The summed E-state index contributed by atoms with van der Waals surface area (Å²) >= 11 is 4.25. The van der Waals surface area contributed by atoms with E-state index in [1.807, 2.05) is 13.8 Å². The molecule has 0 aliphatic heterocycles. The van der Waals surface area contributed by atoms with Gasteiger partial charge >= 0.3 is 0 Å². The molecule has 0 unspecified atom stereocenters. The molecule has 0 N–H and O–H groups in total. The van der Waals surface area contributed by atoms with Gasteiger partial charge in [0.15, 0.2) is 0 Å². The van der Waals surface area contributed by atoms with Crippen molar-refractivity contribution >= 4 is 18.3 Å². The predicted octanol–water partition coefficient (Wildman–Crippen LogP) is 2.58. The van der Waals surface area contributed by atoms with Crippen molar-refractivity contribution in [2.45, 2.75) is 27.7 Å². The van der Waals surface area contributed by atoms with Crippen LogP contribution in [0.1, 0.15) is 27.7 Å². The first kappa shape index (κ1) is 12.6. The van der Waals surface area contributed by atoms with Gasteiger partial charge in [0.1, 0.15) is 0 Å². The van der Waals surface area contributed by atoms with Crippen LogP contribution in [0.2, 0.25) is 0 Å². The molecule has 0 aliphatic rings. The van der Waals surface area contributed by atoms with Crippen LogP contribution in [-0.2, 0) is 0 Å². The normalized spacial score (nSPS) is 13.3. The van der Waals surface area contributed by atoms with Crippen LogP contribution >= 0.6 is 12.6 Å². The molecular formula is C10H20N2S. The fourth-order valence-electron chi connectivity index (χ4n) is 1.15. The summed E-state index contributed by atoms with van der Waals surface area (Å²) in [4.78, 5) is 6.50. The van der Waals surface area contributed by atoms with Crippen LogP contribution in [0.3, 0.4) is 0 Å². The lowest BCUT2D eigenvalue weighted by Gasteiger charge is -2.20. The lowest BCUT2D eigenvalue weighted by molar-refractivity contribution is 0.428. The van der Waals surface area contributed by atoms with Crippen molar-refractivity contribution in [2.24, 2.45) is 4.99 Å². The van der Waals surface area contributed by atoms with Crippen LogP contribution in [0, 0.1) is 0 Å². The molecule has 0 amide bonds. The second-order valence-corrected chi connectivity index (χ2v) is 3.18. The maximum absolute atomic E-state index is 4.30. The van der Waals surface area contributed by atoms with Crippen LogP contribution in [0.4, 0.5) is 0 Å². The highest BCUT2D eigenvalue weighted by molar-refractivity contribution is 7.80. The SMILES string of the molecule is CCN=C(C)/C=C(/C)N(CC)CS. The van der Waals surface area contributed by atoms with Crippen molar-refractivity contribution in [3.63, 3.8) is 0 Å². The summed E-state index contributed by atoms with van der Waals surface area (Å²) < 4.78 is 0. The second kappa shape index (κ2) is 7.01. The Morgan fingerprint density at radius 2 is 2.00 bits per heavy atom. The fourth-order valence-corrected chi connectivity index (χ4v) is 1.57. The Kier molecular flexibility index (Phi) is 6.77. The molecule has 0 aromatic heterocycles. The maximum Gasteiger partial charge on any atom is 0.0606 e. The Bertz CT molecular complexity index is 193. The van der Waals surface area contributed by atoms with Gasteiger partial charge in [0, 0.05) is 24.5 Å². The van der Waals surface area contributed by atoms with Gasteiger partial charge in [-0.15, -0.1) is 0 Å². The van der Waals surface area contributed by atoms with E-state index in [9.17, 15) is 0 Å². The van der Waals surface area contributed by atoms with E-state index in [1.54, 1.807) is 0 Å². The van der Waals surface area contributed by atoms with Gasteiger partial charge in [-0.2, -0.15) is 12.6 Å². The second-order valence-electron chi connectivity index (χ2n) is 2.90. The summed E-state index contributed by atoms with van der Waals surface area (Å²) in [7, 11) is 0. The minimum absolute atomic E-state index is 0.762. The van der Waals surface area contributed by atoms with Gasteiger partial charge < -0.3 is 4.90 Å². The number of nitrogens with zero attached hydrogens (tertiary/aromatic N) is 2. The topological polar surface area (TPSA) is 15.6 Å². The number of allylic oxidation sites excluding steroid dienone is 2. The quantitative estimate of drug-likeness (QED) is 0.410. The summed E-state index contributed by atoms with van der Waals surface area (Å²) in [5, 5.41) is 0. The highest BCUT2D eigenvalue weighted by Gasteiger charge is 1.99. The van der Waals surface area contributed by atoms with E-state index in [0.29, 0.717) is 0 Å². The highest BCUT2D eigenvalue weighted by Crippen LogP contribution is 2.04. The summed E-state index contributed by atoms with van der Waals surface area (Å²) in [5.74, 6) is 0.762. The number of hydrogen-bond donors (Lipinski definition) is 1. The van der Waals surface area contributed by atoms with Crippen molar-refractivity contribution in [3.05, 3.63) is 11.8 Å². The Labute approximate surface area is 87.1 Å². The van der Waals surface area contributed by atoms with Crippen molar-refractivity contribution in [1.82, 2.24) is 4.90 Å². The Balaban J connectivity index is 4.37. The van der Waals surface area contributed by atoms with Gasteiger partial charge in [-0.1, -0.05) is 0 Å². The molecule has 13 heavy (non-hydrogen) atoms. The van der Waals surface area contributed by atoms with Crippen molar-refractivity contribution < 1.29 is 0 Å². The summed E-state index contributed by atoms with van der Waals surface area (Å²) in [6.45, 7) is 10.1. The number of aliphatic imine (C=N–C) groups is 1. The number of hydrogen-bond acceptors (Lipinski definition) is 3. The van der Waals surface area contributed by atoms with Crippen LogP contribution < -0.4 is 0 Å². The van der Waals surface area contributed by atoms with E-state index >= 15 is 0 Å². The zero-order chi connectivity index (χ0) is 10.3. The fraction of sp³-hybridized carbons (Fsp3) is 0.700. The van der Waals surface area contributed by atoms with Crippen LogP contribution in [0.5, 0.6) is 0 Å². The van der Waals surface area contributed by atoms with Gasteiger partial charge in [-0.25, -0.2) is 0 Å². The van der Waals surface area contributed by atoms with Crippen LogP contribution in [-0.4, -0.2) is 29.6 Å². The first-order chi connectivity index (χ1) is 6.15. The van der Waals surface area contributed by atoms with Gasteiger partial charge in [0.25, 0.3) is 0 Å². The molecule has 0 aliphatic carbocycles. The molecule has 0 rings (SSSR count). The summed E-state index contributed by atoms with van der Waals surface area (Å²) in [6.07, 6.45) is 2.10. The molecule has 0 atom stereocenters. The monoisotopic (exact) mass is 200 g/mol. The lowest BCUT2D eigenvalue weighted by atomic mass is 10.3. The molecule has 0 aromatic rings. The van der Waals surface area contributed by atoms with E-state index in [2.05, 4.69) is 42.4 Å². The van der Waals surface area contributed by atoms with E-state index in [-0.39, 0.29) is 0 Å². The molecule has 0 heterocycles. The molecule has 0 aromatic carbocycles. The van der Waals surface area contributed by atoms with Gasteiger partial charge in [-0.05, 0) is 33.8 Å². The highest BCUT2D eigenvalue weighted by atomic mass is 32.1. The third-order valence-corrected chi connectivity index (χ3v) is 2.22. The van der Waals surface area contributed by atoms with E-state index in [0.717, 1.165) is 24.7 Å². The molecular weight excluding hydrogens is 180 g/mol. The molecule has 0 saturated heterocycles. The summed E-state index contributed by atoms with van der Waals surface area (Å²) in [5.41, 5.74) is 2.31. The Hall–Kier alpha value is -0.440. The molecule has 0 spiro atoms. The van der Waals surface area contributed by atoms with E-state index in [1.165, 1.54) is 5.70 Å².